The Kier molecular flexibility index (Phi) is 4.92. The Balaban J connectivity index is 1.87. The van der Waals surface area contributed by atoms with E-state index in [0.29, 0.717) is 6.42 Å². The zero-order chi connectivity index (χ0) is 13.7. The van der Waals surface area contributed by atoms with Gasteiger partial charge in [-0.15, -0.1) is 11.6 Å². The van der Waals surface area contributed by atoms with Gasteiger partial charge in [0.1, 0.15) is 0 Å². The first-order valence-electron chi connectivity index (χ1n) is 6.27. The van der Waals surface area contributed by atoms with Crippen molar-refractivity contribution in [2.24, 2.45) is 0 Å². The van der Waals surface area contributed by atoms with E-state index in [4.69, 9.17) is 11.6 Å². The summed E-state index contributed by atoms with van der Waals surface area (Å²) < 4.78 is 25.9. The molecule has 2 rings (SSSR count). The molecular weight excluding hydrogens is 266 g/mol. The smallest absolute Gasteiger partial charge is 0.159 e. The first kappa shape index (κ1) is 14.0. The molecular formula is C16H15ClF2. The third kappa shape index (κ3) is 4.32. The SMILES string of the molecule is Fc1ccc(CC(Cl)CCc2ccccc2)cc1F. The quantitative estimate of drug-likeness (QED) is 0.694. The Morgan fingerprint density at radius 3 is 2.32 bits per heavy atom. The molecule has 0 saturated heterocycles. The van der Waals surface area contributed by atoms with Crippen LogP contribution in [0.4, 0.5) is 8.78 Å². The van der Waals surface area contributed by atoms with Gasteiger partial charge < -0.3 is 0 Å². The van der Waals surface area contributed by atoms with E-state index in [1.54, 1.807) is 6.07 Å². The summed E-state index contributed by atoms with van der Waals surface area (Å²) in [5.41, 5.74) is 1.96. The first-order valence-corrected chi connectivity index (χ1v) is 6.70. The van der Waals surface area contributed by atoms with Crippen LogP contribution in [0.15, 0.2) is 48.5 Å². The Labute approximate surface area is 117 Å². The minimum atomic E-state index is -0.820. The van der Waals surface area contributed by atoms with Crippen LogP contribution in [-0.2, 0) is 12.8 Å². The van der Waals surface area contributed by atoms with Crippen molar-refractivity contribution in [3.63, 3.8) is 0 Å². The van der Waals surface area contributed by atoms with Crippen LogP contribution in [0.2, 0.25) is 0 Å². The molecule has 1 atom stereocenters. The average molecular weight is 281 g/mol. The Bertz CT molecular complexity index is 526. The maximum absolute atomic E-state index is 13.1. The third-order valence-corrected chi connectivity index (χ3v) is 3.40. The lowest BCUT2D eigenvalue weighted by atomic mass is 10.0. The van der Waals surface area contributed by atoms with Gasteiger partial charge in [0.05, 0.1) is 0 Å². The van der Waals surface area contributed by atoms with Crippen LogP contribution in [0.25, 0.3) is 0 Å². The topological polar surface area (TPSA) is 0 Å². The van der Waals surface area contributed by atoms with Crippen molar-refractivity contribution in [1.82, 2.24) is 0 Å². The highest BCUT2D eigenvalue weighted by Crippen LogP contribution is 2.16. The van der Waals surface area contributed by atoms with Crippen LogP contribution < -0.4 is 0 Å². The molecule has 0 aliphatic rings. The summed E-state index contributed by atoms with van der Waals surface area (Å²) in [6.07, 6.45) is 2.24. The van der Waals surface area contributed by atoms with Crippen molar-refractivity contribution in [3.05, 3.63) is 71.3 Å². The van der Waals surface area contributed by atoms with Gasteiger partial charge in [-0.05, 0) is 42.5 Å². The highest BCUT2D eigenvalue weighted by atomic mass is 35.5. The van der Waals surface area contributed by atoms with Crippen molar-refractivity contribution >= 4 is 11.6 Å². The molecule has 0 heterocycles. The zero-order valence-electron chi connectivity index (χ0n) is 10.5. The fraction of sp³-hybridized carbons (Fsp3) is 0.250. The molecule has 0 fully saturated rings. The molecule has 19 heavy (non-hydrogen) atoms. The molecule has 2 aromatic rings. The molecule has 100 valence electrons. The van der Waals surface area contributed by atoms with E-state index in [1.165, 1.54) is 11.6 Å². The van der Waals surface area contributed by atoms with Crippen molar-refractivity contribution in [3.8, 4) is 0 Å². The number of hydrogen-bond donors (Lipinski definition) is 0. The molecule has 1 unspecified atom stereocenters. The maximum atomic E-state index is 13.1. The van der Waals surface area contributed by atoms with E-state index in [1.807, 2.05) is 18.2 Å². The standard InChI is InChI=1S/C16H15ClF2/c17-14(8-6-12-4-2-1-3-5-12)10-13-7-9-15(18)16(19)11-13/h1-5,7,9,11,14H,6,8,10H2. The van der Waals surface area contributed by atoms with Crippen molar-refractivity contribution < 1.29 is 8.78 Å². The van der Waals surface area contributed by atoms with Gasteiger partial charge in [-0.1, -0.05) is 36.4 Å². The molecule has 0 bridgehead atoms. The van der Waals surface area contributed by atoms with Crippen LogP contribution >= 0.6 is 11.6 Å². The van der Waals surface area contributed by atoms with Gasteiger partial charge in [0.2, 0.25) is 0 Å². The van der Waals surface area contributed by atoms with E-state index in [-0.39, 0.29) is 5.38 Å². The summed E-state index contributed by atoms with van der Waals surface area (Å²) in [6.45, 7) is 0. The predicted octanol–water partition coefficient (Wildman–Crippen LogP) is 4.75. The zero-order valence-corrected chi connectivity index (χ0v) is 11.2. The Morgan fingerprint density at radius 2 is 1.63 bits per heavy atom. The van der Waals surface area contributed by atoms with Gasteiger partial charge in [-0.25, -0.2) is 8.78 Å². The van der Waals surface area contributed by atoms with Crippen molar-refractivity contribution in [2.45, 2.75) is 24.6 Å². The summed E-state index contributed by atoms with van der Waals surface area (Å²) in [7, 11) is 0. The number of aryl methyl sites for hydroxylation is 1. The fourth-order valence-electron chi connectivity index (χ4n) is 1.99. The van der Waals surface area contributed by atoms with Crippen molar-refractivity contribution in [1.29, 1.82) is 0 Å². The lowest BCUT2D eigenvalue weighted by Crippen LogP contribution is -2.05. The molecule has 0 spiro atoms. The van der Waals surface area contributed by atoms with Gasteiger partial charge in [-0.2, -0.15) is 0 Å². The molecule has 2 aromatic carbocycles. The van der Waals surface area contributed by atoms with Crippen LogP contribution in [0.1, 0.15) is 17.5 Å². The average Bonchev–Trinajstić information content (AvgIpc) is 2.42. The van der Waals surface area contributed by atoms with Crippen LogP contribution in [0, 0.1) is 11.6 Å². The second-order valence-corrected chi connectivity index (χ2v) is 5.19. The number of benzene rings is 2. The summed E-state index contributed by atoms with van der Waals surface area (Å²) in [5.74, 6) is -1.64. The summed E-state index contributed by atoms with van der Waals surface area (Å²) in [5, 5.41) is -0.0786. The van der Waals surface area contributed by atoms with Crippen molar-refractivity contribution in [2.75, 3.05) is 0 Å². The molecule has 0 aromatic heterocycles. The summed E-state index contributed by atoms with van der Waals surface area (Å²) >= 11 is 6.24. The largest absolute Gasteiger partial charge is 0.204 e. The highest BCUT2D eigenvalue weighted by Gasteiger charge is 2.09. The molecule has 0 aliphatic carbocycles. The molecule has 0 N–H and O–H groups in total. The van der Waals surface area contributed by atoms with Crippen LogP contribution in [0.3, 0.4) is 0 Å². The number of hydrogen-bond acceptors (Lipinski definition) is 0. The molecule has 0 saturated carbocycles. The molecule has 0 amide bonds. The van der Waals surface area contributed by atoms with E-state index >= 15 is 0 Å². The van der Waals surface area contributed by atoms with Gasteiger partial charge in [0.25, 0.3) is 0 Å². The second kappa shape index (κ2) is 6.67. The maximum Gasteiger partial charge on any atom is 0.159 e. The van der Waals surface area contributed by atoms with Crippen LogP contribution in [-0.4, -0.2) is 5.38 Å². The lowest BCUT2D eigenvalue weighted by molar-refractivity contribution is 0.506. The van der Waals surface area contributed by atoms with Gasteiger partial charge >= 0.3 is 0 Å². The number of alkyl halides is 1. The van der Waals surface area contributed by atoms with Gasteiger partial charge in [0, 0.05) is 5.38 Å². The van der Waals surface area contributed by atoms with E-state index in [9.17, 15) is 8.78 Å². The molecule has 0 aliphatic heterocycles. The third-order valence-electron chi connectivity index (χ3n) is 3.03. The van der Waals surface area contributed by atoms with Crippen LogP contribution in [0.5, 0.6) is 0 Å². The summed E-state index contributed by atoms with van der Waals surface area (Å²) in [4.78, 5) is 0. The fourth-order valence-corrected chi connectivity index (χ4v) is 2.28. The Hall–Kier alpha value is -1.41. The normalized spacial score (nSPS) is 12.4. The van der Waals surface area contributed by atoms with E-state index in [0.717, 1.165) is 24.5 Å². The lowest BCUT2D eigenvalue weighted by Gasteiger charge is -2.10. The van der Waals surface area contributed by atoms with Gasteiger partial charge in [-0.3, -0.25) is 0 Å². The summed E-state index contributed by atoms with van der Waals surface area (Å²) in [6, 6.07) is 14.0. The minimum Gasteiger partial charge on any atom is -0.204 e. The predicted molar refractivity (Wildman–Crippen MR) is 74.5 cm³/mol. The van der Waals surface area contributed by atoms with E-state index < -0.39 is 11.6 Å². The van der Waals surface area contributed by atoms with Gasteiger partial charge in [0.15, 0.2) is 11.6 Å². The number of rotatable bonds is 5. The minimum absolute atomic E-state index is 0.0786. The Morgan fingerprint density at radius 1 is 0.895 bits per heavy atom. The first-order chi connectivity index (χ1) is 9.15. The molecule has 0 radical (unpaired) electrons. The molecule has 3 heteroatoms. The second-order valence-electron chi connectivity index (χ2n) is 4.57. The molecule has 0 nitrogen and oxygen atoms in total. The highest BCUT2D eigenvalue weighted by molar-refractivity contribution is 6.20. The number of halogens is 3. The van der Waals surface area contributed by atoms with E-state index in [2.05, 4.69) is 12.1 Å². The monoisotopic (exact) mass is 280 g/mol.